The molecule has 1 aliphatic heterocycles. The number of hydrogen-bond donors (Lipinski definition) is 1. The molecule has 2 amide bonds. The summed E-state index contributed by atoms with van der Waals surface area (Å²) >= 11 is 2.85. The van der Waals surface area contributed by atoms with Crippen molar-refractivity contribution < 1.29 is 18.7 Å². The van der Waals surface area contributed by atoms with Gasteiger partial charge in [0.1, 0.15) is 18.3 Å². The van der Waals surface area contributed by atoms with Gasteiger partial charge in [0.2, 0.25) is 5.91 Å². The van der Waals surface area contributed by atoms with Crippen molar-refractivity contribution in [2.45, 2.75) is 12.6 Å². The molecule has 0 spiro atoms. The molecule has 26 heavy (non-hydrogen) atoms. The SMILES string of the molecule is O=C(Nc1nc(-c2ccco2)cs1)[C@@H]1COCC(=O)N1Cc1cccs1. The number of thiazole rings is 1. The molecule has 0 aromatic carbocycles. The van der Waals surface area contributed by atoms with Gasteiger partial charge in [-0.15, -0.1) is 22.7 Å². The number of rotatable bonds is 5. The minimum atomic E-state index is -0.686. The number of morpholine rings is 1. The van der Waals surface area contributed by atoms with Crippen molar-refractivity contribution in [3.8, 4) is 11.5 Å². The standard InChI is InChI=1S/C17H15N3O4S2/c21-15-9-23-8-13(20(15)7-11-3-2-6-25-11)16(22)19-17-18-12(10-26-17)14-4-1-5-24-14/h1-6,10,13H,7-9H2,(H,18,19,22)/t13-/m0/s1. The molecular formula is C17H15N3O4S2. The Hall–Kier alpha value is -2.49. The first-order valence-electron chi connectivity index (χ1n) is 7.90. The Bertz CT molecular complexity index is 889. The first kappa shape index (κ1) is 17.0. The molecule has 1 atom stereocenters. The van der Waals surface area contributed by atoms with Gasteiger partial charge in [-0.3, -0.25) is 9.59 Å². The molecule has 0 radical (unpaired) electrons. The van der Waals surface area contributed by atoms with E-state index in [4.69, 9.17) is 9.15 Å². The van der Waals surface area contributed by atoms with Crippen molar-refractivity contribution in [1.82, 2.24) is 9.88 Å². The van der Waals surface area contributed by atoms with Crippen LogP contribution in [0.1, 0.15) is 4.88 Å². The molecule has 0 saturated carbocycles. The van der Waals surface area contributed by atoms with Crippen LogP contribution in [0.4, 0.5) is 5.13 Å². The number of thiophene rings is 1. The molecule has 134 valence electrons. The van der Waals surface area contributed by atoms with E-state index in [9.17, 15) is 9.59 Å². The quantitative estimate of drug-likeness (QED) is 0.725. The summed E-state index contributed by atoms with van der Waals surface area (Å²) < 4.78 is 10.6. The molecule has 4 rings (SSSR count). The van der Waals surface area contributed by atoms with Gasteiger partial charge >= 0.3 is 0 Å². The van der Waals surface area contributed by atoms with Crippen molar-refractivity contribution in [3.63, 3.8) is 0 Å². The van der Waals surface area contributed by atoms with E-state index >= 15 is 0 Å². The summed E-state index contributed by atoms with van der Waals surface area (Å²) in [6, 6.07) is 6.76. The number of amides is 2. The van der Waals surface area contributed by atoms with E-state index in [2.05, 4.69) is 10.3 Å². The van der Waals surface area contributed by atoms with Crippen molar-refractivity contribution in [1.29, 1.82) is 0 Å². The van der Waals surface area contributed by atoms with Crippen molar-refractivity contribution in [2.75, 3.05) is 18.5 Å². The molecule has 3 aromatic heterocycles. The maximum absolute atomic E-state index is 12.7. The summed E-state index contributed by atoms with van der Waals surface area (Å²) in [6.45, 7) is 0.557. The number of aromatic nitrogens is 1. The van der Waals surface area contributed by atoms with E-state index in [-0.39, 0.29) is 25.0 Å². The molecule has 1 saturated heterocycles. The number of hydrogen-bond acceptors (Lipinski definition) is 7. The molecule has 1 fully saturated rings. The van der Waals surface area contributed by atoms with E-state index in [1.165, 1.54) is 11.3 Å². The van der Waals surface area contributed by atoms with E-state index in [1.54, 1.807) is 40.0 Å². The zero-order chi connectivity index (χ0) is 17.9. The largest absolute Gasteiger partial charge is 0.463 e. The summed E-state index contributed by atoms with van der Waals surface area (Å²) in [5.74, 6) is 0.132. The molecule has 0 bridgehead atoms. The summed E-state index contributed by atoms with van der Waals surface area (Å²) in [5.41, 5.74) is 0.654. The lowest BCUT2D eigenvalue weighted by Gasteiger charge is -2.33. The zero-order valence-electron chi connectivity index (χ0n) is 13.6. The number of carbonyl (C=O) groups is 2. The van der Waals surface area contributed by atoms with Crippen LogP contribution in [0.3, 0.4) is 0 Å². The predicted molar refractivity (Wildman–Crippen MR) is 97.9 cm³/mol. The van der Waals surface area contributed by atoms with E-state index in [0.29, 0.717) is 23.1 Å². The average molecular weight is 389 g/mol. The maximum Gasteiger partial charge on any atom is 0.251 e. The van der Waals surface area contributed by atoms with Crippen molar-refractivity contribution >= 4 is 39.6 Å². The van der Waals surface area contributed by atoms with Crippen LogP contribution in [0, 0.1) is 0 Å². The topological polar surface area (TPSA) is 84.7 Å². The van der Waals surface area contributed by atoms with Crippen LogP contribution >= 0.6 is 22.7 Å². The number of nitrogens with one attached hydrogen (secondary N) is 1. The fraction of sp³-hybridized carbons (Fsp3) is 0.235. The second kappa shape index (κ2) is 7.40. The number of furan rings is 1. The Labute approximate surface area is 157 Å². The number of nitrogens with zero attached hydrogens (tertiary/aromatic N) is 2. The van der Waals surface area contributed by atoms with E-state index in [0.717, 1.165) is 4.88 Å². The van der Waals surface area contributed by atoms with Crippen LogP contribution in [-0.4, -0.2) is 41.0 Å². The van der Waals surface area contributed by atoms with Crippen molar-refractivity contribution in [3.05, 3.63) is 46.2 Å². The zero-order valence-corrected chi connectivity index (χ0v) is 15.2. The lowest BCUT2D eigenvalue weighted by molar-refractivity contribution is -0.153. The van der Waals surface area contributed by atoms with Gasteiger partial charge in [0.05, 0.1) is 19.4 Å². The van der Waals surface area contributed by atoms with Gasteiger partial charge in [0.15, 0.2) is 10.9 Å². The number of ether oxygens (including phenoxy) is 1. The maximum atomic E-state index is 12.7. The van der Waals surface area contributed by atoms with Crippen LogP contribution in [0.2, 0.25) is 0 Å². The summed E-state index contributed by atoms with van der Waals surface area (Å²) in [6.07, 6.45) is 1.57. The fourth-order valence-corrected chi connectivity index (χ4v) is 4.05. The van der Waals surface area contributed by atoms with Gasteiger partial charge in [0.25, 0.3) is 5.91 Å². The minimum absolute atomic E-state index is 0.00491. The monoisotopic (exact) mass is 389 g/mol. The molecule has 1 aliphatic rings. The molecule has 1 N–H and O–H groups in total. The number of anilines is 1. The van der Waals surface area contributed by atoms with Gasteiger partial charge in [-0.05, 0) is 23.6 Å². The van der Waals surface area contributed by atoms with Gasteiger partial charge in [-0.1, -0.05) is 6.07 Å². The van der Waals surface area contributed by atoms with Gasteiger partial charge in [0, 0.05) is 10.3 Å². The molecule has 0 aliphatic carbocycles. The third-order valence-electron chi connectivity index (χ3n) is 3.91. The third kappa shape index (κ3) is 3.55. The fourth-order valence-electron chi connectivity index (χ4n) is 2.65. The predicted octanol–water partition coefficient (Wildman–Crippen LogP) is 2.83. The molecule has 3 aromatic rings. The normalized spacial score (nSPS) is 17.5. The molecular weight excluding hydrogens is 374 g/mol. The van der Waals surface area contributed by atoms with Crippen LogP contribution in [0.5, 0.6) is 0 Å². The molecule has 9 heteroatoms. The van der Waals surface area contributed by atoms with Crippen molar-refractivity contribution in [2.24, 2.45) is 0 Å². The number of carbonyl (C=O) groups excluding carboxylic acids is 2. The lowest BCUT2D eigenvalue weighted by Crippen LogP contribution is -2.54. The summed E-state index contributed by atoms with van der Waals surface area (Å²) in [5, 5.41) is 6.99. The molecule has 7 nitrogen and oxygen atoms in total. The van der Waals surface area contributed by atoms with Crippen LogP contribution in [0.15, 0.2) is 45.7 Å². The van der Waals surface area contributed by atoms with Crippen LogP contribution < -0.4 is 5.32 Å². The Morgan fingerprint density at radius 2 is 2.27 bits per heavy atom. The average Bonchev–Trinajstić information content (AvgIpc) is 3.38. The highest BCUT2D eigenvalue weighted by atomic mass is 32.1. The van der Waals surface area contributed by atoms with Crippen LogP contribution in [-0.2, 0) is 20.9 Å². The first-order chi connectivity index (χ1) is 12.7. The molecule has 4 heterocycles. The van der Waals surface area contributed by atoms with Gasteiger partial charge in [-0.25, -0.2) is 4.98 Å². The minimum Gasteiger partial charge on any atom is -0.463 e. The van der Waals surface area contributed by atoms with Gasteiger partial charge < -0.3 is 19.4 Å². The molecule has 0 unspecified atom stereocenters. The Balaban J connectivity index is 1.47. The Kier molecular flexibility index (Phi) is 4.83. The smallest absolute Gasteiger partial charge is 0.251 e. The Morgan fingerprint density at radius 3 is 3.04 bits per heavy atom. The second-order valence-corrected chi connectivity index (χ2v) is 7.53. The lowest BCUT2D eigenvalue weighted by atomic mass is 10.2. The third-order valence-corrected chi connectivity index (χ3v) is 5.53. The van der Waals surface area contributed by atoms with E-state index < -0.39 is 6.04 Å². The first-order valence-corrected chi connectivity index (χ1v) is 9.66. The summed E-state index contributed by atoms with van der Waals surface area (Å²) in [4.78, 5) is 31.9. The van der Waals surface area contributed by atoms with E-state index in [1.807, 2.05) is 17.5 Å². The van der Waals surface area contributed by atoms with Gasteiger partial charge in [-0.2, -0.15) is 0 Å². The second-order valence-electron chi connectivity index (χ2n) is 5.64. The van der Waals surface area contributed by atoms with Crippen LogP contribution in [0.25, 0.3) is 11.5 Å². The highest BCUT2D eigenvalue weighted by Gasteiger charge is 2.34. The summed E-state index contributed by atoms with van der Waals surface area (Å²) in [7, 11) is 0. The highest BCUT2D eigenvalue weighted by molar-refractivity contribution is 7.14. The Morgan fingerprint density at radius 1 is 1.35 bits per heavy atom. The highest BCUT2D eigenvalue weighted by Crippen LogP contribution is 2.26.